The summed E-state index contributed by atoms with van der Waals surface area (Å²) in [5.74, 6) is 0. The topological polar surface area (TPSA) is 129 Å². The number of ether oxygens (including phenoxy) is 4. The Morgan fingerprint density at radius 3 is 1.90 bits per heavy atom. The molecule has 1 aliphatic heterocycles. The highest BCUT2D eigenvalue weighted by Gasteiger charge is 2.47. The van der Waals surface area contributed by atoms with E-state index in [9.17, 15) is 10.2 Å². The average molecular weight is 406 g/mol. The Balaban J connectivity index is 1.70. The van der Waals surface area contributed by atoms with Crippen molar-refractivity contribution in [2.45, 2.75) is 58.4 Å². The fraction of sp³-hybridized carbons (Fsp3) is 0.579. The summed E-state index contributed by atoms with van der Waals surface area (Å²) in [4.78, 5) is 16.7. The van der Waals surface area contributed by atoms with Gasteiger partial charge in [0.1, 0.15) is 24.9 Å². The molecule has 10 nitrogen and oxygen atoms in total. The van der Waals surface area contributed by atoms with Crippen LogP contribution in [0.5, 0.6) is 12.0 Å². The van der Waals surface area contributed by atoms with Gasteiger partial charge in [-0.3, -0.25) is 0 Å². The SMILES string of the molecule is CO[C@H]1O[C@H](COc2nc(C)cc(C)n2)[C@@H](O)[C@H](O)[C@H]1Oc1nc(C)cc(C)n1. The summed E-state index contributed by atoms with van der Waals surface area (Å²) in [6, 6.07) is 3.86. The van der Waals surface area contributed by atoms with Crippen LogP contribution in [-0.2, 0) is 9.47 Å². The molecule has 3 rings (SSSR count). The number of nitrogens with zero attached hydrogens (tertiary/aromatic N) is 4. The first-order valence-electron chi connectivity index (χ1n) is 9.25. The molecule has 0 aliphatic carbocycles. The molecule has 0 bridgehead atoms. The van der Waals surface area contributed by atoms with Gasteiger partial charge in [0.2, 0.25) is 0 Å². The summed E-state index contributed by atoms with van der Waals surface area (Å²) >= 11 is 0. The minimum atomic E-state index is -1.31. The lowest BCUT2D eigenvalue weighted by Crippen LogP contribution is -2.61. The van der Waals surface area contributed by atoms with Crippen LogP contribution < -0.4 is 9.47 Å². The molecule has 0 amide bonds. The van der Waals surface area contributed by atoms with Gasteiger partial charge in [-0.15, -0.1) is 0 Å². The van der Waals surface area contributed by atoms with Crippen molar-refractivity contribution in [3.05, 3.63) is 34.9 Å². The molecular weight excluding hydrogens is 380 g/mol. The Hall–Kier alpha value is -2.40. The van der Waals surface area contributed by atoms with Gasteiger partial charge in [0.15, 0.2) is 12.4 Å². The molecule has 1 fully saturated rings. The van der Waals surface area contributed by atoms with Crippen LogP contribution in [0.3, 0.4) is 0 Å². The van der Waals surface area contributed by atoms with Gasteiger partial charge in [0.25, 0.3) is 0 Å². The monoisotopic (exact) mass is 406 g/mol. The van der Waals surface area contributed by atoms with Crippen LogP contribution in [-0.4, -0.2) is 74.6 Å². The molecule has 158 valence electrons. The van der Waals surface area contributed by atoms with Crippen LogP contribution in [0.15, 0.2) is 12.1 Å². The van der Waals surface area contributed by atoms with Gasteiger partial charge in [-0.2, -0.15) is 0 Å². The molecule has 0 aromatic carbocycles. The lowest BCUT2D eigenvalue weighted by molar-refractivity contribution is -0.288. The van der Waals surface area contributed by atoms with E-state index >= 15 is 0 Å². The summed E-state index contributed by atoms with van der Waals surface area (Å²) < 4.78 is 22.3. The van der Waals surface area contributed by atoms with Crippen molar-refractivity contribution in [2.75, 3.05) is 13.7 Å². The van der Waals surface area contributed by atoms with E-state index in [0.717, 1.165) is 11.4 Å². The third kappa shape index (κ3) is 5.15. The standard InChI is InChI=1S/C19H26N4O6/c1-9-6-10(2)21-18(20-9)27-8-13-14(24)15(25)16(17(26-5)28-13)29-19-22-11(3)7-12(4)23-19/h6-7,13-17,24-25H,8H2,1-5H3/t13-,14-,15+,16-,17+/m1/s1. The molecule has 2 aromatic heterocycles. The maximum Gasteiger partial charge on any atom is 0.317 e. The van der Waals surface area contributed by atoms with E-state index in [2.05, 4.69) is 19.9 Å². The van der Waals surface area contributed by atoms with E-state index in [0.29, 0.717) is 11.4 Å². The van der Waals surface area contributed by atoms with Gasteiger partial charge in [-0.25, -0.2) is 19.9 Å². The van der Waals surface area contributed by atoms with Crippen LogP contribution in [0.2, 0.25) is 0 Å². The van der Waals surface area contributed by atoms with Gasteiger partial charge < -0.3 is 29.2 Å². The Bertz CT molecular complexity index is 807. The van der Waals surface area contributed by atoms with Gasteiger partial charge in [0, 0.05) is 29.9 Å². The number of aryl methyl sites for hydroxylation is 4. The molecule has 29 heavy (non-hydrogen) atoms. The molecule has 1 aliphatic rings. The Morgan fingerprint density at radius 1 is 0.862 bits per heavy atom. The molecule has 0 radical (unpaired) electrons. The maximum atomic E-state index is 10.6. The number of aliphatic hydroxyl groups is 2. The van der Waals surface area contributed by atoms with Crippen LogP contribution in [0.25, 0.3) is 0 Å². The molecule has 1 saturated heterocycles. The molecule has 0 spiro atoms. The van der Waals surface area contributed by atoms with Crippen molar-refractivity contribution < 1.29 is 29.2 Å². The number of hydrogen-bond donors (Lipinski definition) is 2. The quantitative estimate of drug-likeness (QED) is 0.696. The van der Waals surface area contributed by atoms with E-state index in [-0.39, 0.29) is 18.6 Å². The van der Waals surface area contributed by atoms with Crippen molar-refractivity contribution in [1.82, 2.24) is 19.9 Å². The number of rotatable bonds is 6. The number of methoxy groups -OCH3 is 1. The Kier molecular flexibility index (Phi) is 6.58. The summed E-state index contributed by atoms with van der Waals surface area (Å²) in [5.41, 5.74) is 2.95. The zero-order valence-electron chi connectivity index (χ0n) is 17.1. The number of hydrogen-bond acceptors (Lipinski definition) is 10. The maximum absolute atomic E-state index is 10.6. The average Bonchev–Trinajstić information content (AvgIpc) is 2.63. The molecule has 0 saturated carbocycles. The first-order chi connectivity index (χ1) is 13.8. The van der Waals surface area contributed by atoms with Gasteiger partial charge >= 0.3 is 12.0 Å². The normalized spacial score (nSPS) is 26.9. The second-order valence-electron chi connectivity index (χ2n) is 7.02. The van der Waals surface area contributed by atoms with Crippen molar-refractivity contribution >= 4 is 0 Å². The predicted octanol–water partition coefficient (Wildman–Crippen LogP) is 0.420. The highest BCUT2D eigenvalue weighted by atomic mass is 16.7. The molecule has 3 heterocycles. The van der Waals surface area contributed by atoms with E-state index in [1.54, 1.807) is 19.9 Å². The van der Waals surface area contributed by atoms with Crippen molar-refractivity contribution in [3.8, 4) is 12.0 Å². The van der Waals surface area contributed by atoms with Crippen molar-refractivity contribution in [3.63, 3.8) is 0 Å². The highest BCUT2D eigenvalue weighted by Crippen LogP contribution is 2.25. The largest absolute Gasteiger partial charge is 0.461 e. The van der Waals surface area contributed by atoms with Gasteiger partial charge in [0.05, 0.1) is 0 Å². The second-order valence-corrected chi connectivity index (χ2v) is 7.02. The zero-order valence-corrected chi connectivity index (χ0v) is 17.1. The minimum absolute atomic E-state index is 0.0720. The molecule has 2 aromatic rings. The molecule has 0 unspecified atom stereocenters. The smallest absolute Gasteiger partial charge is 0.317 e. The Morgan fingerprint density at radius 2 is 1.38 bits per heavy atom. The second kappa shape index (κ2) is 8.95. The molecule has 2 N–H and O–H groups in total. The van der Waals surface area contributed by atoms with Gasteiger partial charge in [-0.1, -0.05) is 0 Å². The van der Waals surface area contributed by atoms with Crippen LogP contribution in [0, 0.1) is 27.7 Å². The zero-order chi connectivity index (χ0) is 21.1. The number of aromatic nitrogens is 4. The van der Waals surface area contributed by atoms with E-state index in [4.69, 9.17) is 18.9 Å². The third-order valence-electron chi connectivity index (χ3n) is 4.42. The minimum Gasteiger partial charge on any atom is -0.461 e. The summed E-state index contributed by atoms with van der Waals surface area (Å²) in [6.07, 6.45) is -5.47. The van der Waals surface area contributed by atoms with E-state index in [1.807, 2.05) is 19.9 Å². The Labute approximate surface area is 168 Å². The summed E-state index contributed by atoms with van der Waals surface area (Å²) in [6.45, 7) is 7.19. The first kappa shape index (κ1) is 21.3. The highest BCUT2D eigenvalue weighted by molar-refractivity contribution is 5.12. The van der Waals surface area contributed by atoms with Crippen molar-refractivity contribution in [2.24, 2.45) is 0 Å². The van der Waals surface area contributed by atoms with Crippen molar-refractivity contribution in [1.29, 1.82) is 0 Å². The lowest BCUT2D eigenvalue weighted by Gasteiger charge is -2.41. The fourth-order valence-corrected chi connectivity index (χ4v) is 3.14. The van der Waals surface area contributed by atoms with Gasteiger partial charge in [-0.05, 0) is 39.8 Å². The lowest BCUT2D eigenvalue weighted by atomic mass is 9.99. The molecule has 5 atom stereocenters. The van der Waals surface area contributed by atoms with Crippen LogP contribution in [0.1, 0.15) is 22.8 Å². The van der Waals surface area contributed by atoms with E-state index < -0.39 is 30.7 Å². The third-order valence-corrected chi connectivity index (χ3v) is 4.42. The van der Waals surface area contributed by atoms with Crippen LogP contribution >= 0.6 is 0 Å². The first-order valence-corrected chi connectivity index (χ1v) is 9.25. The van der Waals surface area contributed by atoms with Crippen LogP contribution in [0.4, 0.5) is 0 Å². The van der Waals surface area contributed by atoms with E-state index in [1.165, 1.54) is 7.11 Å². The predicted molar refractivity (Wildman–Crippen MR) is 101 cm³/mol. The molecule has 10 heteroatoms. The molecular formula is C19H26N4O6. The number of aliphatic hydroxyl groups excluding tert-OH is 2. The fourth-order valence-electron chi connectivity index (χ4n) is 3.14. The summed E-state index contributed by atoms with van der Waals surface area (Å²) in [7, 11) is 1.42. The summed E-state index contributed by atoms with van der Waals surface area (Å²) in [5, 5.41) is 21.1.